The first-order valence-electron chi connectivity index (χ1n) is 6.16. The second kappa shape index (κ2) is 5.92. The van der Waals surface area contributed by atoms with E-state index in [-0.39, 0.29) is 5.28 Å². The summed E-state index contributed by atoms with van der Waals surface area (Å²) in [6, 6.07) is 1.81. The van der Waals surface area contributed by atoms with Gasteiger partial charge in [0.15, 0.2) is 0 Å². The molecule has 1 aromatic heterocycles. The van der Waals surface area contributed by atoms with Gasteiger partial charge in [0.2, 0.25) is 5.28 Å². The molecule has 100 valence electrons. The maximum atomic E-state index is 5.91. The summed E-state index contributed by atoms with van der Waals surface area (Å²) in [6.07, 6.45) is 0. The molecule has 0 fully saturated rings. The third-order valence-electron chi connectivity index (χ3n) is 1.83. The van der Waals surface area contributed by atoms with Gasteiger partial charge in [0, 0.05) is 6.07 Å². The Balaban J connectivity index is 3.13. The third kappa shape index (κ3) is 7.17. The molecule has 1 rings (SSSR count). The van der Waals surface area contributed by atoms with Crippen molar-refractivity contribution in [2.24, 2.45) is 0 Å². The normalized spacial score (nSPS) is 11.1. The maximum absolute atomic E-state index is 5.91. The molecule has 0 unspecified atom stereocenters. The molecule has 1 aromatic rings. The van der Waals surface area contributed by atoms with Crippen molar-refractivity contribution in [1.29, 1.82) is 0 Å². The lowest BCUT2D eigenvalue weighted by molar-refractivity contribution is 1.13. The Bertz CT molecular complexity index is 540. The van der Waals surface area contributed by atoms with Crippen LogP contribution in [-0.4, -0.2) is 26.1 Å². The van der Waals surface area contributed by atoms with Crippen molar-refractivity contribution < 1.29 is 0 Å². The van der Waals surface area contributed by atoms with E-state index in [2.05, 4.69) is 72.2 Å². The highest BCUT2D eigenvalue weighted by Crippen LogP contribution is 2.06. The summed E-state index contributed by atoms with van der Waals surface area (Å²) in [5, 5.41) is 0.210. The summed E-state index contributed by atoms with van der Waals surface area (Å²) < 4.78 is 0. The topological polar surface area (TPSA) is 25.8 Å². The minimum Gasteiger partial charge on any atom is -0.209 e. The average Bonchev–Trinajstić information content (AvgIpc) is 2.21. The maximum Gasteiger partial charge on any atom is 0.224 e. The molecule has 0 saturated carbocycles. The molecule has 19 heavy (non-hydrogen) atoms. The molecular formula is C14H19ClN2Si2. The van der Waals surface area contributed by atoms with Gasteiger partial charge in [-0.1, -0.05) is 51.1 Å². The second-order valence-corrected chi connectivity index (χ2v) is 16.2. The fourth-order valence-electron chi connectivity index (χ4n) is 1.05. The van der Waals surface area contributed by atoms with Gasteiger partial charge < -0.3 is 0 Å². The van der Waals surface area contributed by atoms with E-state index in [0.29, 0.717) is 11.4 Å². The lowest BCUT2D eigenvalue weighted by Crippen LogP contribution is -2.16. The fourth-order valence-corrected chi connectivity index (χ4v) is 2.24. The number of rotatable bonds is 0. The Morgan fingerprint density at radius 3 is 1.53 bits per heavy atom. The summed E-state index contributed by atoms with van der Waals surface area (Å²) in [4.78, 5) is 8.26. The number of nitrogens with zero attached hydrogens (tertiary/aromatic N) is 2. The highest BCUT2D eigenvalue weighted by atomic mass is 35.5. The van der Waals surface area contributed by atoms with E-state index in [0.717, 1.165) is 0 Å². The van der Waals surface area contributed by atoms with E-state index < -0.39 is 16.1 Å². The van der Waals surface area contributed by atoms with E-state index >= 15 is 0 Å². The highest BCUT2D eigenvalue weighted by molar-refractivity contribution is 6.84. The fraction of sp³-hybridized carbons (Fsp3) is 0.429. The molecule has 0 aliphatic rings. The van der Waals surface area contributed by atoms with Gasteiger partial charge in [-0.05, 0) is 11.6 Å². The molecule has 0 aliphatic carbocycles. The van der Waals surface area contributed by atoms with Gasteiger partial charge in [0.25, 0.3) is 0 Å². The molecule has 0 spiro atoms. The first kappa shape index (κ1) is 16.0. The van der Waals surface area contributed by atoms with Gasteiger partial charge >= 0.3 is 0 Å². The Hall–Kier alpha value is -1.08. The smallest absolute Gasteiger partial charge is 0.209 e. The van der Waals surface area contributed by atoms with Crippen molar-refractivity contribution in [3.63, 3.8) is 0 Å². The zero-order valence-electron chi connectivity index (χ0n) is 12.3. The van der Waals surface area contributed by atoms with Gasteiger partial charge in [-0.3, -0.25) is 0 Å². The molecule has 1 heterocycles. The van der Waals surface area contributed by atoms with E-state index in [9.17, 15) is 0 Å². The number of hydrogen-bond acceptors (Lipinski definition) is 2. The van der Waals surface area contributed by atoms with Crippen molar-refractivity contribution >= 4 is 27.7 Å². The first-order valence-corrected chi connectivity index (χ1v) is 13.5. The molecule has 0 atom stereocenters. The number of aromatic nitrogens is 2. The van der Waals surface area contributed by atoms with Gasteiger partial charge in [-0.15, -0.1) is 11.1 Å². The highest BCUT2D eigenvalue weighted by Gasteiger charge is 2.09. The van der Waals surface area contributed by atoms with E-state index in [1.165, 1.54) is 0 Å². The summed E-state index contributed by atoms with van der Waals surface area (Å²) in [5.74, 6) is 6.17. The van der Waals surface area contributed by atoms with Crippen LogP contribution in [0.3, 0.4) is 0 Å². The predicted molar refractivity (Wildman–Crippen MR) is 87.5 cm³/mol. The molecular weight excluding hydrogens is 288 g/mol. The Morgan fingerprint density at radius 1 is 0.842 bits per heavy atom. The Morgan fingerprint density at radius 2 is 1.21 bits per heavy atom. The van der Waals surface area contributed by atoms with Crippen molar-refractivity contribution in [3.05, 3.63) is 22.7 Å². The number of halogens is 1. The van der Waals surface area contributed by atoms with Crippen molar-refractivity contribution in [1.82, 2.24) is 9.97 Å². The van der Waals surface area contributed by atoms with Gasteiger partial charge in [-0.2, -0.15) is 0 Å². The number of hydrogen-bond donors (Lipinski definition) is 0. The lowest BCUT2D eigenvalue weighted by Gasteiger charge is -2.04. The van der Waals surface area contributed by atoms with Crippen LogP contribution in [0, 0.1) is 22.9 Å². The molecule has 0 amide bonds. The van der Waals surface area contributed by atoms with Crippen LogP contribution in [0.25, 0.3) is 0 Å². The quantitative estimate of drug-likeness (QED) is 0.416. The van der Waals surface area contributed by atoms with Gasteiger partial charge in [-0.25, -0.2) is 9.97 Å². The van der Waals surface area contributed by atoms with Crippen LogP contribution < -0.4 is 0 Å². The predicted octanol–water partition coefficient (Wildman–Crippen LogP) is 3.59. The minimum atomic E-state index is -1.42. The standard InChI is InChI=1S/C14H19ClN2Si2/c1-18(2,3)9-7-12-11-13(17-14(15)16-12)8-10-19(4,5)6/h11H,1-6H3. The SMILES string of the molecule is C[Si](C)(C)C#Cc1cc(C#C[Si](C)(C)C)nc(Cl)n1. The molecule has 5 heteroatoms. The van der Waals surface area contributed by atoms with Crippen LogP contribution in [0.2, 0.25) is 44.6 Å². The second-order valence-electron chi connectivity index (χ2n) is 6.41. The summed E-state index contributed by atoms with van der Waals surface area (Å²) in [6.45, 7) is 13.1. The zero-order chi connectivity index (χ0) is 14.7. The van der Waals surface area contributed by atoms with E-state index in [1.54, 1.807) is 0 Å². The van der Waals surface area contributed by atoms with E-state index in [1.807, 2.05) is 6.07 Å². The molecule has 0 N–H and O–H groups in total. The minimum absolute atomic E-state index is 0.210. The summed E-state index contributed by atoms with van der Waals surface area (Å²) >= 11 is 5.91. The largest absolute Gasteiger partial charge is 0.224 e. The molecule has 0 bridgehead atoms. The lowest BCUT2D eigenvalue weighted by atomic mass is 10.3. The van der Waals surface area contributed by atoms with Crippen LogP contribution in [0.4, 0.5) is 0 Å². The van der Waals surface area contributed by atoms with Crippen LogP contribution in [0.15, 0.2) is 6.07 Å². The third-order valence-corrected chi connectivity index (χ3v) is 3.75. The van der Waals surface area contributed by atoms with Gasteiger partial charge in [0.05, 0.1) is 0 Å². The van der Waals surface area contributed by atoms with Crippen LogP contribution in [-0.2, 0) is 0 Å². The van der Waals surface area contributed by atoms with Crippen LogP contribution >= 0.6 is 11.6 Å². The molecule has 0 saturated heterocycles. The average molecular weight is 307 g/mol. The molecule has 0 aromatic carbocycles. The summed E-state index contributed by atoms with van der Waals surface area (Å²) in [5.41, 5.74) is 7.84. The van der Waals surface area contributed by atoms with Crippen molar-refractivity contribution in [3.8, 4) is 22.9 Å². The first-order chi connectivity index (χ1) is 8.55. The van der Waals surface area contributed by atoms with Crippen LogP contribution in [0.1, 0.15) is 11.4 Å². The Kier molecular flexibility index (Phi) is 4.98. The Labute approximate surface area is 123 Å². The zero-order valence-corrected chi connectivity index (χ0v) is 15.1. The summed E-state index contributed by atoms with van der Waals surface area (Å²) in [7, 11) is -2.83. The molecule has 0 radical (unpaired) electrons. The molecule has 2 nitrogen and oxygen atoms in total. The van der Waals surface area contributed by atoms with Gasteiger partial charge in [0.1, 0.15) is 27.5 Å². The van der Waals surface area contributed by atoms with Crippen molar-refractivity contribution in [2.45, 2.75) is 39.3 Å². The van der Waals surface area contributed by atoms with Crippen molar-refractivity contribution in [2.75, 3.05) is 0 Å². The van der Waals surface area contributed by atoms with E-state index in [4.69, 9.17) is 11.6 Å². The van der Waals surface area contributed by atoms with Crippen LogP contribution in [0.5, 0.6) is 0 Å². The molecule has 0 aliphatic heterocycles. The monoisotopic (exact) mass is 306 g/mol.